The highest BCUT2D eigenvalue weighted by atomic mass is 16.5. The van der Waals surface area contributed by atoms with Crippen molar-refractivity contribution >= 4 is 5.97 Å². The van der Waals surface area contributed by atoms with Gasteiger partial charge in [-0.05, 0) is 73.2 Å². The predicted octanol–water partition coefficient (Wildman–Crippen LogP) is 7.16. The number of aliphatic hydroxyl groups excluding tert-OH is 1. The Kier molecular flexibility index (Phi) is 8.47. The third-order valence-corrected chi connectivity index (χ3v) is 8.64. The van der Waals surface area contributed by atoms with E-state index in [-0.39, 0.29) is 23.6 Å². The van der Waals surface area contributed by atoms with Gasteiger partial charge in [-0.15, -0.1) is 0 Å². The maximum atomic E-state index is 11.8. The smallest absolute Gasteiger partial charge is 0.302 e. The summed E-state index contributed by atoms with van der Waals surface area (Å²) in [5.74, 6) is 2.55. The normalized spacial score (nSPS) is 36.5. The molecule has 3 aliphatic carbocycles. The summed E-state index contributed by atoms with van der Waals surface area (Å²) in [6.07, 6.45) is 14.9. The van der Waals surface area contributed by atoms with E-state index in [1.165, 1.54) is 50.2 Å². The first-order valence-electron chi connectivity index (χ1n) is 13.0. The molecule has 3 nitrogen and oxygen atoms in total. The van der Waals surface area contributed by atoms with E-state index in [1.54, 1.807) is 0 Å². The van der Waals surface area contributed by atoms with E-state index >= 15 is 0 Å². The van der Waals surface area contributed by atoms with Crippen LogP contribution in [-0.4, -0.2) is 23.3 Å². The molecule has 0 bridgehead atoms. The van der Waals surface area contributed by atoms with Gasteiger partial charge in [-0.1, -0.05) is 76.8 Å². The van der Waals surface area contributed by atoms with Crippen molar-refractivity contribution in [2.75, 3.05) is 0 Å². The van der Waals surface area contributed by atoms with Gasteiger partial charge in [0.2, 0.25) is 0 Å². The molecule has 3 rings (SSSR count). The molecule has 0 amide bonds. The van der Waals surface area contributed by atoms with E-state index in [2.05, 4.69) is 46.4 Å². The van der Waals surface area contributed by atoms with E-state index in [9.17, 15) is 9.90 Å². The van der Waals surface area contributed by atoms with Crippen molar-refractivity contribution in [2.24, 2.45) is 29.1 Å². The number of hydrogen-bond acceptors (Lipinski definition) is 3. The first kappa shape index (κ1) is 25.3. The van der Waals surface area contributed by atoms with Crippen molar-refractivity contribution in [1.82, 2.24) is 0 Å². The lowest BCUT2D eigenvalue weighted by Gasteiger charge is -2.47. The molecule has 1 unspecified atom stereocenters. The molecule has 3 fully saturated rings. The van der Waals surface area contributed by atoms with Gasteiger partial charge >= 0.3 is 5.97 Å². The van der Waals surface area contributed by atoms with Crippen LogP contribution < -0.4 is 0 Å². The van der Waals surface area contributed by atoms with Crippen molar-refractivity contribution in [3.8, 4) is 0 Å². The highest BCUT2D eigenvalue weighted by Gasteiger charge is 2.53. The number of fused-ring (bicyclic) bond motifs is 1. The Hall–Kier alpha value is -1.35. The monoisotopic (exact) mass is 442 g/mol. The fourth-order valence-corrected chi connectivity index (χ4v) is 7.02. The van der Waals surface area contributed by atoms with Crippen LogP contribution in [0.2, 0.25) is 0 Å². The Balaban J connectivity index is 1.82. The van der Waals surface area contributed by atoms with Gasteiger partial charge in [-0.2, -0.15) is 0 Å². The lowest BCUT2D eigenvalue weighted by Crippen LogP contribution is -2.42. The number of esters is 1. The van der Waals surface area contributed by atoms with Crippen molar-refractivity contribution in [3.05, 3.63) is 35.5 Å². The van der Waals surface area contributed by atoms with Crippen LogP contribution >= 0.6 is 0 Å². The van der Waals surface area contributed by atoms with E-state index in [4.69, 9.17) is 4.74 Å². The molecule has 1 N–H and O–H groups in total. The minimum absolute atomic E-state index is 0.0259. The fraction of sp³-hybridized carbons (Fsp3) is 0.759. The quantitative estimate of drug-likeness (QED) is 0.425. The third-order valence-electron chi connectivity index (χ3n) is 8.64. The van der Waals surface area contributed by atoms with Gasteiger partial charge < -0.3 is 9.84 Å². The van der Waals surface area contributed by atoms with Gasteiger partial charge in [0.05, 0.1) is 6.10 Å². The average Bonchev–Trinajstić information content (AvgIpc) is 3.04. The van der Waals surface area contributed by atoms with Gasteiger partial charge in [0.25, 0.3) is 0 Å². The molecule has 0 spiro atoms. The highest BCUT2D eigenvalue weighted by molar-refractivity contribution is 5.66. The minimum atomic E-state index is -0.252. The summed E-state index contributed by atoms with van der Waals surface area (Å²) < 4.78 is 5.81. The van der Waals surface area contributed by atoms with E-state index in [0.717, 1.165) is 37.2 Å². The number of allylic oxidation sites excluding steroid dienone is 3. The molecule has 6 atom stereocenters. The zero-order valence-corrected chi connectivity index (χ0v) is 21.2. The zero-order valence-electron chi connectivity index (χ0n) is 21.2. The molecule has 0 aliphatic heterocycles. The van der Waals surface area contributed by atoms with E-state index in [1.807, 2.05) is 0 Å². The molecule has 32 heavy (non-hydrogen) atoms. The molecule has 3 saturated carbocycles. The van der Waals surface area contributed by atoms with Gasteiger partial charge in [0.1, 0.15) is 6.10 Å². The molecule has 3 aliphatic rings. The van der Waals surface area contributed by atoms with Crippen molar-refractivity contribution in [2.45, 2.75) is 111 Å². The standard InChI is InChI=1S/C29H46O3/c1-19(2)8-7-9-21(4)27-14-15-28-24(12-11-23-16-25(31)13-10-20(23)3)17-26(32-22(5)30)18-29(27,28)6/h11-12,19,21,25-28,31H,3,7-10,13-18H2,1-2,4-6H3/b23-11+,24-12+/t21-,25+,26?,27-,28+,29-/m1/s1. The van der Waals surface area contributed by atoms with Crippen molar-refractivity contribution in [3.63, 3.8) is 0 Å². The fourth-order valence-electron chi connectivity index (χ4n) is 7.02. The van der Waals surface area contributed by atoms with Crippen LogP contribution in [0.15, 0.2) is 35.5 Å². The second-order valence-corrected chi connectivity index (χ2v) is 11.6. The van der Waals surface area contributed by atoms with Gasteiger partial charge in [0.15, 0.2) is 0 Å². The molecule has 0 aromatic carbocycles. The summed E-state index contributed by atoms with van der Waals surface area (Å²) in [6, 6.07) is 0. The van der Waals surface area contributed by atoms with Crippen LogP contribution in [0.1, 0.15) is 98.8 Å². The van der Waals surface area contributed by atoms with Gasteiger partial charge in [-0.3, -0.25) is 4.79 Å². The van der Waals surface area contributed by atoms with Crippen LogP contribution in [0.3, 0.4) is 0 Å². The Bertz CT molecular complexity index is 746. The van der Waals surface area contributed by atoms with Crippen LogP contribution in [0.4, 0.5) is 0 Å². The zero-order chi connectivity index (χ0) is 23.5. The van der Waals surface area contributed by atoms with Crippen molar-refractivity contribution in [1.29, 1.82) is 0 Å². The highest BCUT2D eigenvalue weighted by Crippen LogP contribution is 2.60. The number of aliphatic hydroxyl groups is 1. The summed E-state index contributed by atoms with van der Waals surface area (Å²) in [5, 5.41) is 10.1. The number of hydrogen-bond donors (Lipinski definition) is 1. The Morgan fingerprint density at radius 3 is 2.62 bits per heavy atom. The molecule has 180 valence electrons. The SMILES string of the molecule is C=C1CC[C@H](O)C/C1=C\C=C1/CC(OC(C)=O)C[C@]2(C)[C@@H]([C@H](C)CCCC(C)C)CC[C@@H]12. The van der Waals surface area contributed by atoms with E-state index < -0.39 is 0 Å². The molecule has 0 saturated heterocycles. The first-order chi connectivity index (χ1) is 15.1. The number of rotatable bonds is 7. The van der Waals surface area contributed by atoms with Gasteiger partial charge in [0, 0.05) is 13.3 Å². The second-order valence-electron chi connectivity index (χ2n) is 11.6. The molecule has 0 heterocycles. The van der Waals surface area contributed by atoms with Crippen LogP contribution in [0.5, 0.6) is 0 Å². The summed E-state index contributed by atoms with van der Waals surface area (Å²) >= 11 is 0. The van der Waals surface area contributed by atoms with Crippen LogP contribution in [0.25, 0.3) is 0 Å². The molecular weight excluding hydrogens is 396 g/mol. The maximum absolute atomic E-state index is 11.8. The average molecular weight is 443 g/mol. The summed E-state index contributed by atoms with van der Waals surface area (Å²) in [4.78, 5) is 11.8. The molecule has 3 heteroatoms. The minimum Gasteiger partial charge on any atom is -0.462 e. The first-order valence-corrected chi connectivity index (χ1v) is 13.0. The topological polar surface area (TPSA) is 46.5 Å². The molecular formula is C29H46O3. The Labute approximate surface area is 196 Å². The molecule has 0 radical (unpaired) electrons. The van der Waals surface area contributed by atoms with Crippen molar-refractivity contribution < 1.29 is 14.6 Å². The Morgan fingerprint density at radius 2 is 1.94 bits per heavy atom. The lowest BCUT2D eigenvalue weighted by molar-refractivity contribution is -0.150. The largest absolute Gasteiger partial charge is 0.462 e. The molecule has 0 aromatic heterocycles. The van der Waals surface area contributed by atoms with E-state index in [0.29, 0.717) is 24.2 Å². The predicted molar refractivity (Wildman–Crippen MR) is 132 cm³/mol. The number of carbonyl (C=O) groups excluding carboxylic acids is 1. The third kappa shape index (κ3) is 5.95. The summed E-state index contributed by atoms with van der Waals surface area (Å²) in [5.41, 5.74) is 3.96. The summed E-state index contributed by atoms with van der Waals surface area (Å²) in [7, 11) is 0. The summed E-state index contributed by atoms with van der Waals surface area (Å²) in [6.45, 7) is 15.3. The maximum Gasteiger partial charge on any atom is 0.302 e. The van der Waals surface area contributed by atoms with Crippen LogP contribution in [-0.2, 0) is 9.53 Å². The lowest BCUT2D eigenvalue weighted by atomic mass is 9.60. The van der Waals surface area contributed by atoms with Crippen LogP contribution in [0, 0.1) is 29.1 Å². The molecule has 0 aromatic rings. The Morgan fingerprint density at radius 1 is 1.19 bits per heavy atom. The van der Waals surface area contributed by atoms with Gasteiger partial charge in [-0.25, -0.2) is 0 Å². The second kappa shape index (κ2) is 10.7. The number of carbonyl (C=O) groups is 1. The number of ether oxygens (including phenoxy) is 1.